The lowest BCUT2D eigenvalue weighted by Gasteiger charge is -2.14. The van der Waals surface area contributed by atoms with Crippen LogP contribution in [0.3, 0.4) is 0 Å². The predicted octanol–water partition coefficient (Wildman–Crippen LogP) is 0.362. The molecule has 0 unspecified atom stereocenters. The average Bonchev–Trinajstić information content (AvgIpc) is 2.67. The van der Waals surface area contributed by atoms with E-state index in [2.05, 4.69) is 10.7 Å². The molecule has 0 spiro atoms. The molecule has 1 saturated heterocycles. The second-order valence-electron chi connectivity index (χ2n) is 3.58. The maximum Gasteiger partial charge on any atom is 0.343 e. The summed E-state index contributed by atoms with van der Waals surface area (Å²) in [5.41, 5.74) is 2.37. The van der Waals surface area contributed by atoms with Crippen LogP contribution in [0.1, 0.15) is 0 Å². The fraction of sp³-hybridized carbons (Fsp3) is 0.182. The molecule has 1 fully saturated rings. The lowest BCUT2D eigenvalue weighted by atomic mass is 10.4. The van der Waals surface area contributed by atoms with E-state index < -0.39 is 11.9 Å². The van der Waals surface area contributed by atoms with E-state index in [1.54, 1.807) is 0 Å². The molecule has 4 amide bonds. The van der Waals surface area contributed by atoms with Crippen LogP contribution in [-0.4, -0.2) is 35.2 Å². The number of nitrogens with zero attached hydrogens (tertiary/aromatic N) is 1. The molecule has 1 heterocycles. The number of rotatable bonds is 4. The molecule has 94 valence electrons. The van der Waals surface area contributed by atoms with Crippen molar-refractivity contribution < 1.29 is 14.4 Å². The number of carbonyl (C=O) groups excluding carboxylic acids is 3. The summed E-state index contributed by atoms with van der Waals surface area (Å²) in [5, 5.41) is 3.04. The van der Waals surface area contributed by atoms with Gasteiger partial charge in [-0.3, -0.25) is 20.3 Å². The number of urea groups is 1. The van der Waals surface area contributed by atoms with Gasteiger partial charge in [-0.1, -0.05) is 18.2 Å². The lowest BCUT2D eigenvalue weighted by molar-refractivity contribution is -0.122. The van der Waals surface area contributed by atoms with Crippen LogP contribution < -0.4 is 10.7 Å². The number of benzene rings is 1. The highest BCUT2D eigenvalue weighted by Gasteiger charge is 2.27. The molecule has 1 aromatic carbocycles. The Hall–Kier alpha value is -2.02. The van der Waals surface area contributed by atoms with E-state index in [4.69, 9.17) is 0 Å². The second-order valence-corrected chi connectivity index (χ2v) is 4.62. The molecule has 0 aromatic heterocycles. The number of hydrogen-bond donors (Lipinski definition) is 2. The Morgan fingerprint density at radius 3 is 2.67 bits per heavy atom. The number of nitrogens with one attached hydrogen (secondary N) is 2. The highest BCUT2D eigenvalue weighted by molar-refractivity contribution is 8.00. The van der Waals surface area contributed by atoms with Crippen molar-refractivity contribution >= 4 is 29.6 Å². The van der Waals surface area contributed by atoms with Gasteiger partial charge >= 0.3 is 6.03 Å². The standard InChI is InChI=1S/C11H11N3O3S/c15-9-6-14(11(17)12-9)13-10(16)7-18-8-4-2-1-3-5-8/h1-5H,6-7H2,(H,13,16)(H,12,15,17). The quantitative estimate of drug-likeness (QED) is 0.608. The average molecular weight is 265 g/mol. The van der Waals surface area contributed by atoms with Gasteiger partial charge in [0.2, 0.25) is 11.8 Å². The first-order valence-electron chi connectivity index (χ1n) is 5.24. The zero-order chi connectivity index (χ0) is 13.0. The van der Waals surface area contributed by atoms with E-state index in [1.807, 2.05) is 30.3 Å². The fourth-order valence-electron chi connectivity index (χ4n) is 1.38. The Morgan fingerprint density at radius 1 is 1.33 bits per heavy atom. The highest BCUT2D eigenvalue weighted by Crippen LogP contribution is 2.16. The van der Waals surface area contributed by atoms with Crippen molar-refractivity contribution in [3.05, 3.63) is 30.3 Å². The first kappa shape index (κ1) is 12.4. The van der Waals surface area contributed by atoms with Crippen LogP contribution in [0.2, 0.25) is 0 Å². The lowest BCUT2D eigenvalue weighted by Crippen LogP contribution is -2.44. The third kappa shape index (κ3) is 3.24. The number of amides is 4. The van der Waals surface area contributed by atoms with Gasteiger partial charge in [-0.2, -0.15) is 0 Å². The summed E-state index contributed by atoms with van der Waals surface area (Å²) in [5.74, 6) is -0.563. The maximum atomic E-state index is 11.6. The van der Waals surface area contributed by atoms with Crippen molar-refractivity contribution in [2.75, 3.05) is 12.3 Å². The van der Waals surface area contributed by atoms with E-state index in [-0.39, 0.29) is 18.2 Å². The van der Waals surface area contributed by atoms with E-state index in [9.17, 15) is 14.4 Å². The molecule has 18 heavy (non-hydrogen) atoms. The van der Waals surface area contributed by atoms with Crippen molar-refractivity contribution in [3.63, 3.8) is 0 Å². The molecule has 2 N–H and O–H groups in total. The third-order valence-corrected chi connectivity index (χ3v) is 3.18. The maximum absolute atomic E-state index is 11.6. The number of hydrazine groups is 1. The number of hydrogen-bond acceptors (Lipinski definition) is 4. The molecule has 6 nitrogen and oxygen atoms in total. The third-order valence-electron chi connectivity index (χ3n) is 2.17. The van der Waals surface area contributed by atoms with Crippen molar-refractivity contribution in [3.8, 4) is 0 Å². The molecule has 7 heteroatoms. The van der Waals surface area contributed by atoms with Crippen molar-refractivity contribution in [2.24, 2.45) is 0 Å². The van der Waals surface area contributed by atoms with Crippen LogP contribution in [-0.2, 0) is 9.59 Å². The second kappa shape index (κ2) is 5.54. The van der Waals surface area contributed by atoms with Gasteiger partial charge in [-0.25, -0.2) is 9.80 Å². The minimum atomic E-state index is -0.599. The van der Waals surface area contributed by atoms with E-state index in [0.717, 1.165) is 9.90 Å². The summed E-state index contributed by atoms with van der Waals surface area (Å²) in [6.45, 7) is -0.138. The number of thioether (sulfide) groups is 1. The van der Waals surface area contributed by atoms with Gasteiger partial charge in [0.1, 0.15) is 6.54 Å². The zero-order valence-corrected chi connectivity index (χ0v) is 10.2. The fourth-order valence-corrected chi connectivity index (χ4v) is 2.09. The Labute approximate surface area is 108 Å². The molecule has 0 atom stereocenters. The molecule has 1 aliphatic rings. The van der Waals surface area contributed by atoms with Gasteiger partial charge in [0.25, 0.3) is 0 Å². The minimum absolute atomic E-state index is 0.138. The first-order valence-corrected chi connectivity index (χ1v) is 6.22. The van der Waals surface area contributed by atoms with Gasteiger partial charge in [0, 0.05) is 4.90 Å². The normalized spacial score (nSPS) is 14.6. The monoisotopic (exact) mass is 265 g/mol. The molecule has 1 aliphatic heterocycles. The van der Waals surface area contributed by atoms with Gasteiger partial charge in [0.15, 0.2) is 0 Å². The van der Waals surface area contributed by atoms with Crippen LogP contribution in [0.25, 0.3) is 0 Å². The smallest absolute Gasteiger partial charge is 0.275 e. The number of imide groups is 1. The molecule has 0 radical (unpaired) electrons. The predicted molar refractivity (Wildman–Crippen MR) is 65.6 cm³/mol. The Kier molecular flexibility index (Phi) is 3.83. The largest absolute Gasteiger partial charge is 0.343 e. The van der Waals surface area contributed by atoms with Crippen LogP contribution in [0.5, 0.6) is 0 Å². The van der Waals surface area contributed by atoms with Gasteiger partial charge in [-0.05, 0) is 12.1 Å². The molecule has 1 aromatic rings. The van der Waals surface area contributed by atoms with E-state index in [0.29, 0.717) is 0 Å². The van der Waals surface area contributed by atoms with E-state index >= 15 is 0 Å². The Balaban J connectivity index is 1.79. The molecule has 0 saturated carbocycles. The van der Waals surface area contributed by atoms with E-state index in [1.165, 1.54) is 11.8 Å². The summed E-state index contributed by atoms with van der Waals surface area (Å²) in [4.78, 5) is 34.6. The Bertz CT molecular complexity index is 478. The van der Waals surface area contributed by atoms with Gasteiger partial charge in [0.05, 0.1) is 5.75 Å². The van der Waals surface area contributed by atoms with Gasteiger partial charge < -0.3 is 0 Å². The minimum Gasteiger partial charge on any atom is -0.275 e. The first-order chi connectivity index (χ1) is 8.65. The zero-order valence-electron chi connectivity index (χ0n) is 9.38. The topological polar surface area (TPSA) is 78.5 Å². The molecule has 0 bridgehead atoms. The Morgan fingerprint density at radius 2 is 2.06 bits per heavy atom. The molecular weight excluding hydrogens is 254 g/mol. The summed E-state index contributed by atoms with van der Waals surface area (Å²) in [7, 11) is 0. The summed E-state index contributed by atoms with van der Waals surface area (Å²) < 4.78 is 0. The van der Waals surface area contributed by atoms with Crippen molar-refractivity contribution in [1.82, 2.24) is 15.8 Å². The molecule has 2 rings (SSSR count). The molecule has 0 aliphatic carbocycles. The summed E-state index contributed by atoms with van der Waals surface area (Å²) >= 11 is 1.36. The molecular formula is C11H11N3O3S. The highest BCUT2D eigenvalue weighted by atomic mass is 32.2. The van der Waals surface area contributed by atoms with Crippen LogP contribution in [0.4, 0.5) is 4.79 Å². The number of carbonyl (C=O) groups is 3. The van der Waals surface area contributed by atoms with Crippen molar-refractivity contribution in [1.29, 1.82) is 0 Å². The van der Waals surface area contributed by atoms with Crippen LogP contribution in [0.15, 0.2) is 35.2 Å². The SMILES string of the molecule is O=C1CN(NC(=O)CSc2ccccc2)C(=O)N1. The van der Waals surface area contributed by atoms with Crippen LogP contribution >= 0.6 is 11.8 Å². The summed E-state index contributed by atoms with van der Waals surface area (Å²) in [6.07, 6.45) is 0. The van der Waals surface area contributed by atoms with Crippen molar-refractivity contribution in [2.45, 2.75) is 4.90 Å². The van der Waals surface area contributed by atoms with Gasteiger partial charge in [-0.15, -0.1) is 11.8 Å². The van der Waals surface area contributed by atoms with Crippen LogP contribution in [0, 0.1) is 0 Å². The summed E-state index contributed by atoms with van der Waals surface area (Å²) in [6, 6.07) is 8.84.